The van der Waals surface area contributed by atoms with Crippen LogP contribution in [0.25, 0.3) is 88.0 Å². The Hall–Kier alpha value is -5.92. The van der Waals surface area contributed by atoms with Gasteiger partial charge in [0.2, 0.25) is 0 Å². The summed E-state index contributed by atoms with van der Waals surface area (Å²) in [5.74, 6) is 0. The summed E-state index contributed by atoms with van der Waals surface area (Å²) >= 11 is 0. The van der Waals surface area contributed by atoms with Gasteiger partial charge in [-0.1, -0.05) is 151 Å². The zero-order valence-electron chi connectivity index (χ0n) is 39.3. The van der Waals surface area contributed by atoms with Crippen molar-refractivity contribution in [1.29, 1.82) is 0 Å². The standard InChI is InChI=1S/C44H28O/c1-3-15-29(16-4-1)31-19-7-8-20-32(31)42-33-21-9-11-23-35(33)43(36-24-12-10-22-34(36)42)38-27-28-40-44(37-25-13-14-26-39(37)45-40)41(38)30-17-5-2-6-18-30/h1-28H/i1D,2D,3D,4D,5D,6D,13D,14D,15D,16D,17D,18D,25D,26D,27D,28D. The first-order chi connectivity index (χ1) is 29.0. The lowest BCUT2D eigenvalue weighted by atomic mass is 9.81. The van der Waals surface area contributed by atoms with Gasteiger partial charge in [-0.25, -0.2) is 0 Å². The molecule has 0 spiro atoms. The van der Waals surface area contributed by atoms with Crippen LogP contribution in [0.4, 0.5) is 0 Å². The molecule has 1 nitrogen and oxygen atoms in total. The maximum absolute atomic E-state index is 9.72. The third-order valence-electron chi connectivity index (χ3n) is 8.03. The molecule has 0 saturated heterocycles. The molecule has 8 aromatic carbocycles. The number of furan rings is 1. The van der Waals surface area contributed by atoms with Crippen LogP contribution in [-0.4, -0.2) is 0 Å². The molecule has 0 radical (unpaired) electrons. The summed E-state index contributed by atoms with van der Waals surface area (Å²) in [6.45, 7) is 0. The monoisotopic (exact) mass is 588 g/mol. The molecule has 9 aromatic rings. The van der Waals surface area contributed by atoms with Crippen molar-refractivity contribution in [2.24, 2.45) is 0 Å². The van der Waals surface area contributed by atoms with Crippen LogP contribution >= 0.6 is 0 Å². The van der Waals surface area contributed by atoms with Gasteiger partial charge in [0, 0.05) is 16.3 Å². The molecule has 0 fully saturated rings. The molecule has 1 heteroatoms. The molecule has 0 saturated carbocycles. The summed E-state index contributed by atoms with van der Waals surface area (Å²) < 4.78 is 147. The van der Waals surface area contributed by atoms with E-state index in [0.717, 1.165) is 0 Å². The van der Waals surface area contributed by atoms with Gasteiger partial charge in [-0.15, -0.1) is 0 Å². The van der Waals surface area contributed by atoms with E-state index in [2.05, 4.69) is 0 Å². The van der Waals surface area contributed by atoms with Crippen molar-refractivity contribution in [3.05, 3.63) is 169 Å². The van der Waals surface area contributed by atoms with E-state index in [1.54, 1.807) is 72.8 Å². The van der Waals surface area contributed by atoms with Gasteiger partial charge in [0.15, 0.2) is 0 Å². The van der Waals surface area contributed by atoms with Gasteiger partial charge >= 0.3 is 0 Å². The van der Waals surface area contributed by atoms with Crippen LogP contribution in [0.3, 0.4) is 0 Å². The zero-order chi connectivity index (χ0) is 43.7. The molecule has 0 aliphatic carbocycles. The summed E-state index contributed by atoms with van der Waals surface area (Å²) in [6, 6.07) is 12.0. The second-order valence-electron chi connectivity index (χ2n) is 10.4. The van der Waals surface area contributed by atoms with Crippen LogP contribution in [0.1, 0.15) is 21.9 Å². The van der Waals surface area contributed by atoms with Gasteiger partial charge in [0.1, 0.15) is 11.2 Å². The minimum absolute atomic E-state index is 0.0172. The van der Waals surface area contributed by atoms with E-state index in [1.807, 2.05) is 0 Å². The third-order valence-corrected chi connectivity index (χ3v) is 8.03. The molecule has 0 aliphatic rings. The third kappa shape index (κ3) is 4.02. The molecule has 9 rings (SSSR count). The lowest BCUT2D eigenvalue weighted by Crippen LogP contribution is -1.94. The van der Waals surface area contributed by atoms with Crippen LogP contribution in [-0.2, 0) is 0 Å². The smallest absolute Gasteiger partial charge is 0.136 e. The average molecular weight is 589 g/mol. The van der Waals surface area contributed by atoms with E-state index in [1.165, 1.54) is 0 Å². The van der Waals surface area contributed by atoms with Gasteiger partial charge in [0.25, 0.3) is 0 Å². The highest BCUT2D eigenvalue weighted by molar-refractivity contribution is 6.25. The van der Waals surface area contributed by atoms with E-state index < -0.39 is 96.7 Å². The predicted molar refractivity (Wildman–Crippen MR) is 190 cm³/mol. The number of hydrogen-bond acceptors (Lipinski definition) is 1. The minimum atomic E-state index is -0.694. The van der Waals surface area contributed by atoms with Crippen LogP contribution in [0.2, 0.25) is 0 Å². The molecular formula is C44H28O. The summed E-state index contributed by atoms with van der Waals surface area (Å²) in [5.41, 5.74) is 0.432. The molecule has 0 N–H and O–H groups in total. The Morgan fingerprint density at radius 3 is 1.51 bits per heavy atom. The van der Waals surface area contributed by atoms with E-state index in [4.69, 9.17) is 20.9 Å². The Kier molecular flexibility index (Phi) is 3.28. The fraction of sp³-hybridized carbons (Fsp3) is 0. The van der Waals surface area contributed by atoms with Crippen molar-refractivity contribution in [2.45, 2.75) is 0 Å². The normalized spacial score (nSPS) is 16.5. The van der Waals surface area contributed by atoms with Gasteiger partial charge < -0.3 is 4.42 Å². The van der Waals surface area contributed by atoms with Crippen molar-refractivity contribution in [1.82, 2.24) is 0 Å². The minimum Gasteiger partial charge on any atom is -0.456 e. The molecule has 0 bridgehead atoms. The maximum atomic E-state index is 9.72. The molecule has 45 heavy (non-hydrogen) atoms. The summed E-state index contributed by atoms with van der Waals surface area (Å²) in [6.07, 6.45) is 0. The van der Waals surface area contributed by atoms with Crippen molar-refractivity contribution in [3.63, 3.8) is 0 Å². The number of para-hydroxylation sites is 1. The largest absolute Gasteiger partial charge is 0.456 e. The van der Waals surface area contributed by atoms with Crippen LogP contribution in [0.15, 0.2) is 174 Å². The number of rotatable bonds is 4. The first-order valence-electron chi connectivity index (χ1n) is 22.1. The van der Waals surface area contributed by atoms with Gasteiger partial charge in [-0.05, 0) is 78.6 Å². The fourth-order valence-electron chi connectivity index (χ4n) is 6.26. The Bertz CT molecular complexity index is 3330. The molecule has 0 amide bonds. The lowest BCUT2D eigenvalue weighted by Gasteiger charge is -2.21. The highest BCUT2D eigenvalue weighted by Crippen LogP contribution is 2.50. The molecule has 0 atom stereocenters. The summed E-state index contributed by atoms with van der Waals surface area (Å²) in [4.78, 5) is 0. The highest BCUT2D eigenvalue weighted by atomic mass is 16.3. The van der Waals surface area contributed by atoms with Gasteiger partial charge in [0.05, 0.1) is 21.9 Å². The van der Waals surface area contributed by atoms with E-state index >= 15 is 0 Å². The number of hydrogen-bond donors (Lipinski definition) is 0. The molecular weight excluding hydrogens is 544 g/mol. The molecule has 0 unspecified atom stereocenters. The van der Waals surface area contributed by atoms with Crippen molar-refractivity contribution in [3.8, 4) is 44.5 Å². The fourth-order valence-corrected chi connectivity index (χ4v) is 6.26. The topological polar surface area (TPSA) is 13.1 Å². The summed E-state index contributed by atoms with van der Waals surface area (Å²) in [5, 5.41) is 1.68. The first kappa shape index (κ1) is 14.2. The Balaban J connectivity index is 1.54. The number of fused-ring (bicyclic) bond motifs is 5. The SMILES string of the molecule is [2H]c1c([2H])c([2H])c(-c2ccccc2-c2c3ccccc3c(-c3c([2H])c([2H])c4oc5c([2H])c([2H])c([2H])c([2H])c5c4c3-c3c([2H])c([2H])c([2H])c([2H])c3[2H])c3ccccc23)c([2H])c1[2H]. The van der Waals surface area contributed by atoms with Gasteiger partial charge in [-0.3, -0.25) is 0 Å². The molecule has 1 aromatic heterocycles. The molecule has 0 aliphatic heterocycles. The van der Waals surface area contributed by atoms with Crippen LogP contribution in [0.5, 0.6) is 0 Å². The van der Waals surface area contributed by atoms with E-state index in [9.17, 15) is 5.48 Å². The average Bonchev–Trinajstić information content (AvgIpc) is 3.67. The Morgan fingerprint density at radius 1 is 0.356 bits per heavy atom. The van der Waals surface area contributed by atoms with Crippen molar-refractivity contribution >= 4 is 43.5 Å². The first-order valence-corrected chi connectivity index (χ1v) is 14.1. The maximum Gasteiger partial charge on any atom is 0.136 e. The Morgan fingerprint density at radius 2 is 0.867 bits per heavy atom. The lowest BCUT2D eigenvalue weighted by molar-refractivity contribution is 0.669. The van der Waals surface area contributed by atoms with Crippen molar-refractivity contribution < 1.29 is 26.3 Å². The number of benzene rings is 8. The summed E-state index contributed by atoms with van der Waals surface area (Å²) in [7, 11) is 0. The van der Waals surface area contributed by atoms with Crippen LogP contribution in [0, 0.1) is 0 Å². The molecule has 1 heterocycles. The van der Waals surface area contributed by atoms with E-state index in [-0.39, 0.29) is 44.2 Å². The van der Waals surface area contributed by atoms with E-state index in [0.29, 0.717) is 43.8 Å². The van der Waals surface area contributed by atoms with Crippen molar-refractivity contribution in [2.75, 3.05) is 0 Å². The van der Waals surface area contributed by atoms with Crippen LogP contribution < -0.4 is 0 Å². The second kappa shape index (κ2) is 10.4. The predicted octanol–water partition coefficient (Wildman–Crippen LogP) is 12.6. The highest BCUT2D eigenvalue weighted by Gasteiger charge is 2.23. The zero-order valence-corrected chi connectivity index (χ0v) is 23.3. The quantitative estimate of drug-likeness (QED) is 0.186. The molecule has 210 valence electrons. The van der Waals surface area contributed by atoms with Gasteiger partial charge in [-0.2, -0.15) is 0 Å². The second-order valence-corrected chi connectivity index (χ2v) is 10.4. The Labute approximate surface area is 284 Å².